The molecular formula is C21H18FN3O3. The highest BCUT2D eigenvalue weighted by molar-refractivity contribution is 6.07. The van der Waals surface area contributed by atoms with Crippen molar-refractivity contribution in [2.75, 3.05) is 5.32 Å². The fraction of sp³-hybridized carbons (Fsp3) is 0.190. The van der Waals surface area contributed by atoms with Crippen molar-refractivity contribution in [3.05, 3.63) is 65.2 Å². The Morgan fingerprint density at radius 2 is 1.86 bits per heavy atom. The number of hydrogen-bond acceptors (Lipinski definition) is 5. The highest BCUT2D eigenvalue weighted by Gasteiger charge is 2.22. The van der Waals surface area contributed by atoms with E-state index in [0.29, 0.717) is 28.1 Å². The minimum atomic E-state index is -0.509. The fourth-order valence-electron chi connectivity index (χ4n) is 3.06. The predicted octanol–water partition coefficient (Wildman–Crippen LogP) is 5.31. The van der Waals surface area contributed by atoms with Crippen molar-refractivity contribution in [3.8, 4) is 11.3 Å². The number of amides is 1. The average Bonchev–Trinajstić information content (AvgIpc) is 3.26. The predicted molar refractivity (Wildman–Crippen MR) is 103 cm³/mol. The minimum absolute atomic E-state index is 0.0877. The van der Waals surface area contributed by atoms with Crippen LogP contribution in [0.5, 0.6) is 0 Å². The normalized spacial score (nSPS) is 11.3. The van der Waals surface area contributed by atoms with E-state index in [1.807, 2.05) is 24.3 Å². The van der Waals surface area contributed by atoms with E-state index in [-0.39, 0.29) is 11.6 Å². The van der Waals surface area contributed by atoms with Gasteiger partial charge in [0.1, 0.15) is 11.4 Å². The molecule has 4 aromatic rings. The Hall–Kier alpha value is -3.48. The first-order valence-electron chi connectivity index (χ1n) is 8.87. The number of fused-ring (bicyclic) bond motifs is 1. The minimum Gasteiger partial charge on any atom is -0.451 e. The second kappa shape index (κ2) is 6.92. The van der Waals surface area contributed by atoms with Gasteiger partial charge in [0, 0.05) is 16.5 Å². The maximum Gasteiger partial charge on any atom is 0.292 e. The van der Waals surface area contributed by atoms with Crippen molar-refractivity contribution in [2.24, 2.45) is 0 Å². The van der Waals surface area contributed by atoms with E-state index >= 15 is 0 Å². The molecule has 2 aromatic carbocycles. The number of anilines is 1. The van der Waals surface area contributed by atoms with Crippen LogP contribution in [0.1, 0.15) is 41.4 Å². The van der Waals surface area contributed by atoms with Crippen molar-refractivity contribution in [3.63, 3.8) is 0 Å². The molecule has 0 unspecified atom stereocenters. The van der Waals surface area contributed by atoms with E-state index in [2.05, 4.69) is 29.5 Å². The molecule has 0 saturated carbocycles. The summed E-state index contributed by atoms with van der Waals surface area (Å²) in [5.74, 6) is -0.219. The molecule has 4 rings (SSSR count). The van der Waals surface area contributed by atoms with E-state index in [1.165, 1.54) is 23.8 Å². The van der Waals surface area contributed by atoms with Gasteiger partial charge in [-0.15, -0.1) is 0 Å². The lowest BCUT2D eigenvalue weighted by molar-refractivity contribution is 0.0997. The molecule has 142 valence electrons. The van der Waals surface area contributed by atoms with Gasteiger partial charge in [-0.25, -0.2) is 9.02 Å². The molecule has 2 aromatic heterocycles. The summed E-state index contributed by atoms with van der Waals surface area (Å²) in [5, 5.41) is 10.9. The van der Waals surface area contributed by atoms with Crippen LogP contribution in [0.4, 0.5) is 10.2 Å². The molecule has 1 amide bonds. The topological polar surface area (TPSA) is 81.2 Å². The number of rotatable bonds is 4. The van der Waals surface area contributed by atoms with E-state index in [0.717, 1.165) is 5.56 Å². The number of nitrogens with one attached hydrogen (secondary N) is 1. The summed E-state index contributed by atoms with van der Waals surface area (Å²) in [5.41, 5.74) is 3.36. The van der Waals surface area contributed by atoms with Crippen LogP contribution in [-0.4, -0.2) is 16.2 Å². The second-order valence-corrected chi connectivity index (χ2v) is 6.89. The van der Waals surface area contributed by atoms with Crippen LogP contribution in [0.15, 0.2) is 51.5 Å². The number of carbonyl (C=O) groups excluding carboxylic acids is 1. The molecule has 0 bridgehead atoms. The van der Waals surface area contributed by atoms with Crippen LogP contribution < -0.4 is 5.32 Å². The number of furan rings is 1. The van der Waals surface area contributed by atoms with Gasteiger partial charge in [-0.1, -0.05) is 38.1 Å². The molecule has 7 heteroatoms. The monoisotopic (exact) mass is 379 g/mol. The lowest BCUT2D eigenvalue weighted by atomic mass is 10.0. The highest BCUT2D eigenvalue weighted by Crippen LogP contribution is 2.29. The lowest BCUT2D eigenvalue weighted by Gasteiger charge is -2.06. The van der Waals surface area contributed by atoms with E-state index in [9.17, 15) is 9.18 Å². The molecule has 0 aliphatic heterocycles. The number of carbonyl (C=O) groups is 1. The summed E-state index contributed by atoms with van der Waals surface area (Å²) < 4.78 is 23.9. The van der Waals surface area contributed by atoms with Crippen molar-refractivity contribution in [2.45, 2.75) is 26.7 Å². The van der Waals surface area contributed by atoms with Gasteiger partial charge in [0.2, 0.25) is 5.82 Å². The molecule has 6 nitrogen and oxygen atoms in total. The SMILES string of the molecule is Cc1c(C(=O)Nc2nonc2-c2ccc(C(C)C)cc2)oc2ccc(F)cc12. The molecule has 2 heterocycles. The first-order chi connectivity index (χ1) is 13.4. The van der Waals surface area contributed by atoms with Crippen LogP contribution in [0.3, 0.4) is 0 Å². The fourth-order valence-corrected chi connectivity index (χ4v) is 3.06. The van der Waals surface area contributed by atoms with Crippen LogP contribution in [0, 0.1) is 12.7 Å². The molecule has 0 fully saturated rings. The average molecular weight is 379 g/mol. The van der Waals surface area contributed by atoms with Gasteiger partial charge in [0.25, 0.3) is 5.91 Å². The van der Waals surface area contributed by atoms with E-state index in [4.69, 9.17) is 9.05 Å². The summed E-state index contributed by atoms with van der Waals surface area (Å²) in [6.07, 6.45) is 0. The highest BCUT2D eigenvalue weighted by atomic mass is 19.1. The zero-order valence-electron chi connectivity index (χ0n) is 15.6. The molecule has 1 N–H and O–H groups in total. The summed E-state index contributed by atoms with van der Waals surface area (Å²) >= 11 is 0. The Morgan fingerprint density at radius 1 is 1.11 bits per heavy atom. The third kappa shape index (κ3) is 3.15. The molecule has 0 spiro atoms. The van der Waals surface area contributed by atoms with Gasteiger partial charge in [-0.3, -0.25) is 10.1 Å². The van der Waals surface area contributed by atoms with Gasteiger partial charge < -0.3 is 4.42 Å². The van der Waals surface area contributed by atoms with E-state index < -0.39 is 11.7 Å². The number of aromatic nitrogens is 2. The Morgan fingerprint density at radius 3 is 2.57 bits per heavy atom. The zero-order valence-corrected chi connectivity index (χ0v) is 15.6. The number of aryl methyl sites for hydroxylation is 1. The van der Waals surface area contributed by atoms with E-state index in [1.54, 1.807) is 6.92 Å². The van der Waals surface area contributed by atoms with Crippen LogP contribution in [-0.2, 0) is 0 Å². The molecular weight excluding hydrogens is 361 g/mol. The third-order valence-electron chi connectivity index (χ3n) is 4.68. The van der Waals surface area contributed by atoms with Crippen molar-refractivity contribution < 1.29 is 18.2 Å². The molecule has 28 heavy (non-hydrogen) atoms. The summed E-state index contributed by atoms with van der Waals surface area (Å²) in [4.78, 5) is 12.7. The van der Waals surface area contributed by atoms with Gasteiger partial charge >= 0.3 is 0 Å². The van der Waals surface area contributed by atoms with Crippen molar-refractivity contribution in [1.29, 1.82) is 0 Å². The Labute approximate surface area is 160 Å². The number of benzene rings is 2. The maximum absolute atomic E-state index is 13.5. The Balaban J connectivity index is 1.63. The third-order valence-corrected chi connectivity index (χ3v) is 4.68. The lowest BCUT2D eigenvalue weighted by Crippen LogP contribution is -2.13. The Bertz CT molecular complexity index is 1160. The molecule has 0 saturated heterocycles. The van der Waals surface area contributed by atoms with Crippen LogP contribution in [0.25, 0.3) is 22.2 Å². The standard InChI is InChI=1S/C21H18FN3O3/c1-11(2)13-4-6-14(7-5-13)18-20(25-28-24-18)23-21(26)19-12(3)16-10-15(22)8-9-17(16)27-19/h4-11H,1-3H3,(H,23,25,26). The van der Waals surface area contributed by atoms with Gasteiger partial charge in [-0.05, 0) is 46.9 Å². The largest absolute Gasteiger partial charge is 0.451 e. The van der Waals surface area contributed by atoms with Crippen molar-refractivity contribution in [1.82, 2.24) is 10.3 Å². The summed E-state index contributed by atoms with van der Waals surface area (Å²) in [7, 11) is 0. The summed E-state index contributed by atoms with van der Waals surface area (Å²) in [6, 6.07) is 11.9. The van der Waals surface area contributed by atoms with Crippen LogP contribution >= 0.6 is 0 Å². The first kappa shape index (κ1) is 17.9. The molecule has 0 radical (unpaired) electrons. The van der Waals surface area contributed by atoms with Gasteiger partial charge in [-0.2, -0.15) is 0 Å². The second-order valence-electron chi connectivity index (χ2n) is 6.89. The molecule has 0 aliphatic rings. The molecule has 0 atom stereocenters. The first-order valence-corrected chi connectivity index (χ1v) is 8.87. The van der Waals surface area contributed by atoms with Gasteiger partial charge in [0.15, 0.2) is 11.5 Å². The maximum atomic E-state index is 13.5. The summed E-state index contributed by atoms with van der Waals surface area (Å²) in [6.45, 7) is 5.92. The quantitative estimate of drug-likeness (QED) is 0.520. The van der Waals surface area contributed by atoms with Crippen LogP contribution in [0.2, 0.25) is 0 Å². The molecule has 0 aliphatic carbocycles. The van der Waals surface area contributed by atoms with Gasteiger partial charge in [0.05, 0.1) is 0 Å². The zero-order chi connectivity index (χ0) is 19.8. The Kier molecular flexibility index (Phi) is 4.43. The number of nitrogens with zero attached hydrogens (tertiary/aromatic N) is 2. The smallest absolute Gasteiger partial charge is 0.292 e. The van der Waals surface area contributed by atoms with Crippen molar-refractivity contribution >= 4 is 22.7 Å². The number of halogens is 1. The number of hydrogen-bond donors (Lipinski definition) is 1.